The zero-order valence-corrected chi connectivity index (χ0v) is 10.0. The molecule has 0 spiro atoms. The van der Waals surface area contributed by atoms with Crippen molar-refractivity contribution in [2.24, 2.45) is 0 Å². The summed E-state index contributed by atoms with van der Waals surface area (Å²) in [6, 6.07) is 4.90. The minimum Gasteiger partial charge on any atom is -0.311 e. The van der Waals surface area contributed by atoms with Crippen LogP contribution in [0.2, 0.25) is 0 Å². The summed E-state index contributed by atoms with van der Waals surface area (Å²) in [4.78, 5) is 6.44. The summed E-state index contributed by atoms with van der Waals surface area (Å²) in [5.74, 6) is 0. The average molecular weight is 219 g/mol. The van der Waals surface area contributed by atoms with Crippen LogP contribution in [0.5, 0.6) is 0 Å². The Bertz CT molecular complexity index is 299. The number of rotatable bonds is 4. The summed E-state index contributed by atoms with van der Waals surface area (Å²) in [5, 5.41) is 3.58. The van der Waals surface area contributed by atoms with Crippen LogP contribution in [0.15, 0.2) is 24.5 Å². The lowest BCUT2D eigenvalue weighted by atomic mass is 10.0. The molecule has 3 heteroatoms. The van der Waals surface area contributed by atoms with E-state index in [1.165, 1.54) is 37.9 Å². The number of pyridine rings is 1. The first-order valence-electron chi connectivity index (χ1n) is 6.15. The average Bonchev–Trinajstić information content (AvgIpc) is 2.30. The van der Waals surface area contributed by atoms with Crippen molar-refractivity contribution in [3.63, 3.8) is 0 Å². The number of aromatic nitrogens is 1. The zero-order chi connectivity index (χ0) is 11.2. The molecule has 0 bridgehead atoms. The van der Waals surface area contributed by atoms with Gasteiger partial charge in [0.25, 0.3) is 0 Å². The van der Waals surface area contributed by atoms with Gasteiger partial charge in [-0.05, 0) is 44.0 Å². The second-order valence-electron chi connectivity index (χ2n) is 4.66. The molecule has 1 unspecified atom stereocenters. The molecule has 2 rings (SSSR count). The lowest BCUT2D eigenvalue weighted by Gasteiger charge is -2.30. The Hall–Kier alpha value is -0.930. The number of hydrogen-bond acceptors (Lipinski definition) is 3. The number of hydrogen-bond donors (Lipinski definition) is 1. The Balaban J connectivity index is 1.68. The van der Waals surface area contributed by atoms with E-state index in [0.717, 1.165) is 6.54 Å². The van der Waals surface area contributed by atoms with E-state index < -0.39 is 0 Å². The van der Waals surface area contributed by atoms with Gasteiger partial charge in [-0.3, -0.25) is 4.98 Å². The SMILES string of the molecule is CN1CCNC(CCCc2ccncc2)C1. The fourth-order valence-electron chi connectivity index (χ4n) is 2.29. The lowest BCUT2D eigenvalue weighted by molar-refractivity contribution is 0.230. The molecule has 1 N–H and O–H groups in total. The van der Waals surface area contributed by atoms with Crippen LogP contribution in [-0.2, 0) is 6.42 Å². The highest BCUT2D eigenvalue weighted by Gasteiger charge is 2.15. The van der Waals surface area contributed by atoms with Crippen molar-refractivity contribution in [2.75, 3.05) is 26.7 Å². The second-order valence-corrected chi connectivity index (χ2v) is 4.66. The first-order valence-corrected chi connectivity index (χ1v) is 6.15. The van der Waals surface area contributed by atoms with E-state index in [1.54, 1.807) is 0 Å². The summed E-state index contributed by atoms with van der Waals surface area (Å²) in [6.07, 6.45) is 7.45. The Morgan fingerprint density at radius 1 is 1.44 bits per heavy atom. The van der Waals surface area contributed by atoms with Crippen LogP contribution in [0.1, 0.15) is 18.4 Å². The topological polar surface area (TPSA) is 28.2 Å². The molecule has 16 heavy (non-hydrogen) atoms. The second kappa shape index (κ2) is 5.97. The molecule has 88 valence electrons. The molecule has 1 aromatic heterocycles. The van der Waals surface area contributed by atoms with Crippen molar-refractivity contribution in [1.82, 2.24) is 15.2 Å². The Morgan fingerprint density at radius 2 is 2.25 bits per heavy atom. The normalized spacial score (nSPS) is 22.2. The Kier molecular flexibility index (Phi) is 4.31. The Labute approximate surface area is 97.9 Å². The van der Waals surface area contributed by atoms with Gasteiger partial charge in [-0.15, -0.1) is 0 Å². The predicted molar refractivity (Wildman–Crippen MR) is 66.5 cm³/mol. The van der Waals surface area contributed by atoms with E-state index in [4.69, 9.17) is 0 Å². The van der Waals surface area contributed by atoms with Crippen molar-refractivity contribution in [3.8, 4) is 0 Å². The summed E-state index contributed by atoms with van der Waals surface area (Å²) >= 11 is 0. The van der Waals surface area contributed by atoms with Crippen LogP contribution in [0.4, 0.5) is 0 Å². The van der Waals surface area contributed by atoms with Crippen molar-refractivity contribution in [1.29, 1.82) is 0 Å². The molecular formula is C13H21N3. The van der Waals surface area contributed by atoms with Crippen LogP contribution in [-0.4, -0.2) is 42.6 Å². The summed E-state index contributed by atoms with van der Waals surface area (Å²) in [5.41, 5.74) is 1.40. The molecule has 0 radical (unpaired) electrons. The van der Waals surface area contributed by atoms with Crippen LogP contribution in [0, 0.1) is 0 Å². The highest BCUT2D eigenvalue weighted by atomic mass is 15.2. The molecule has 1 atom stereocenters. The summed E-state index contributed by atoms with van der Waals surface area (Å²) in [7, 11) is 2.21. The van der Waals surface area contributed by atoms with Crippen molar-refractivity contribution < 1.29 is 0 Å². The van der Waals surface area contributed by atoms with Gasteiger partial charge in [0, 0.05) is 38.1 Å². The van der Waals surface area contributed by atoms with Gasteiger partial charge in [-0.1, -0.05) is 0 Å². The first kappa shape index (κ1) is 11.6. The molecule has 3 nitrogen and oxygen atoms in total. The number of nitrogens with one attached hydrogen (secondary N) is 1. The molecule has 0 aliphatic carbocycles. The molecule has 1 saturated heterocycles. The molecule has 0 aromatic carbocycles. The monoisotopic (exact) mass is 219 g/mol. The molecule has 0 amide bonds. The largest absolute Gasteiger partial charge is 0.311 e. The van der Waals surface area contributed by atoms with Gasteiger partial charge >= 0.3 is 0 Å². The maximum Gasteiger partial charge on any atom is 0.0270 e. The standard InChI is InChI=1S/C13H21N3/c1-16-10-9-15-13(11-16)4-2-3-12-5-7-14-8-6-12/h5-8,13,15H,2-4,9-11H2,1H3. The van der Waals surface area contributed by atoms with E-state index in [9.17, 15) is 0 Å². The van der Waals surface area contributed by atoms with Crippen molar-refractivity contribution in [3.05, 3.63) is 30.1 Å². The molecule has 1 aromatic rings. The summed E-state index contributed by atoms with van der Waals surface area (Å²) in [6.45, 7) is 3.51. The van der Waals surface area contributed by atoms with E-state index in [0.29, 0.717) is 6.04 Å². The Morgan fingerprint density at radius 3 is 3.00 bits per heavy atom. The molecular weight excluding hydrogens is 198 g/mol. The van der Waals surface area contributed by atoms with E-state index in [-0.39, 0.29) is 0 Å². The number of nitrogens with zero attached hydrogens (tertiary/aromatic N) is 2. The highest BCUT2D eigenvalue weighted by molar-refractivity contribution is 5.09. The molecule has 2 heterocycles. The van der Waals surface area contributed by atoms with Gasteiger partial charge in [-0.2, -0.15) is 0 Å². The quantitative estimate of drug-likeness (QED) is 0.827. The van der Waals surface area contributed by atoms with E-state index in [1.807, 2.05) is 12.4 Å². The lowest BCUT2D eigenvalue weighted by Crippen LogP contribution is -2.48. The minimum atomic E-state index is 0.681. The smallest absolute Gasteiger partial charge is 0.0270 e. The fourth-order valence-corrected chi connectivity index (χ4v) is 2.29. The van der Waals surface area contributed by atoms with Gasteiger partial charge in [0.05, 0.1) is 0 Å². The number of likely N-dealkylation sites (N-methyl/N-ethyl adjacent to an activating group) is 1. The number of aryl methyl sites for hydroxylation is 1. The maximum atomic E-state index is 4.03. The van der Waals surface area contributed by atoms with Crippen LogP contribution in [0.3, 0.4) is 0 Å². The molecule has 1 aliphatic heterocycles. The van der Waals surface area contributed by atoms with Gasteiger partial charge in [0.1, 0.15) is 0 Å². The first-order chi connectivity index (χ1) is 7.84. The number of piperazine rings is 1. The van der Waals surface area contributed by atoms with Gasteiger partial charge in [-0.25, -0.2) is 0 Å². The minimum absolute atomic E-state index is 0.681. The van der Waals surface area contributed by atoms with Gasteiger partial charge in [0.2, 0.25) is 0 Å². The van der Waals surface area contributed by atoms with Crippen LogP contribution < -0.4 is 5.32 Å². The van der Waals surface area contributed by atoms with Crippen molar-refractivity contribution >= 4 is 0 Å². The van der Waals surface area contributed by atoms with Crippen LogP contribution in [0.25, 0.3) is 0 Å². The third-order valence-corrected chi connectivity index (χ3v) is 3.23. The predicted octanol–water partition coefficient (Wildman–Crippen LogP) is 1.31. The fraction of sp³-hybridized carbons (Fsp3) is 0.615. The third-order valence-electron chi connectivity index (χ3n) is 3.23. The van der Waals surface area contributed by atoms with Crippen molar-refractivity contribution in [2.45, 2.75) is 25.3 Å². The molecule has 0 saturated carbocycles. The summed E-state index contributed by atoms with van der Waals surface area (Å²) < 4.78 is 0. The highest BCUT2D eigenvalue weighted by Crippen LogP contribution is 2.08. The van der Waals surface area contributed by atoms with E-state index in [2.05, 4.69) is 34.4 Å². The third kappa shape index (κ3) is 3.58. The maximum absolute atomic E-state index is 4.03. The molecule has 1 aliphatic rings. The molecule has 1 fully saturated rings. The van der Waals surface area contributed by atoms with Crippen LogP contribution >= 0.6 is 0 Å². The van der Waals surface area contributed by atoms with Gasteiger partial charge in [0.15, 0.2) is 0 Å². The van der Waals surface area contributed by atoms with E-state index >= 15 is 0 Å². The van der Waals surface area contributed by atoms with Gasteiger partial charge < -0.3 is 10.2 Å². The zero-order valence-electron chi connectivity index (χ0n) is 10.0.